The smallest absolute Gasteiger partial charge is 0.205 e. The van der Waals surface area contributed by atoms with E-state index in [9.17, 15) is 0 Å². The minimum Gasteiger partial charge on any atom is -0.363 e. The third-order valence-electron chi connectivity index (χ3n) is 2.72. The lowest BCUT2D eigenvalue weighted by atomic mass is 10.1. The zero-order valence-electron chi connectivity index (χ0n) is 10.4. The minimum absolute atomic E-state index is 0.645. The van der Waals surface area contributed by atoms with Crippen LogP contribution in [0.3, 0.4) is 0 Å². The fourth-order valence-corrected chi connectivity index (χ4v) is 2.47. The topological polar surface area (TPSA) is 55.6 Å². The van der Waals surface area contributed by atoms with Crippen molar-refractivity contribution in [2.75, 3.05) is 12.4 Å². The summed E-state index contributed by atoms with van der Waals surface area (Å²) in [5, 5.41) is 17.2. The third kappa shape index (κ3) is 2.63. The largest absolute Gasteiger partial charge is 0.363 e. The molecule has 3 aromatic rings. The molecule has 0 amide bonds. The molecule has 0 aliphatic carbocycles. The molecule has 2 aromatic heterocycles. The Morgan fingerprint density at radius 2 is 2.00 bits per heavy atom. The number of anilines is 1. The van der Waals surface area contributed by atoms with Crippen molar-refractivity contribution in [3.8, 4) is 11.1 Å². The predicted octanol–water partition coefficient (Wildman–Crippen LogP) is 2.49. The van der Waals surface area contributed by atoms with Crippen LogP contribution in [0.1, 0.15) is 5.01 Å². The first-order valence-corrected chi connectivity index (χ1v) is 6.75. The number of hydrogen-bond donors (Lipinski definition) is 1. The Hall–Kier alpha value is -2.21. The van der Waals surface area contributed by atoms with E-state index in [0.717, 1.165) is 15.7 Å². The number of aromatic nitrogens is 4. The van der Waals surface area contributed by atoms with Crippen molar-refractivity contribution in [3.05, 3.63) is 47.7 Å². The predicted molar refractivity (Wildman–Crippen MR) is 76.2 cm³/mol. The first-order valence-electron chi connectivity index (χ1n) is 5.93. The van der Waals surface area contributed by atoms with Gasteiger partial charge >= 0.3 is 0 Å². The molecule has 3 rings (SSSR count). The highest BCUT2D eigenvalue weighted by molar-refractivity contribution is 7.15. The third-order valence-corrected chi connectivity index (χ3v) is 3.64. The standard InChI is InChI=1S/C13H13N5S/c1-14-13-17-16-12(19-13)9-18-8-11(7-15-18)10-5-3-2-4-6-10/h2-8H,9H2,1H3,(H,14,17). The van der Waals surface area contributed by atoms with Gasteiger partial charge in [0.2, 0.25) is 5.13 Å². The lowest BCUT2D eigenvalue weighted by molar-refractivity contribution is 0.677. The average Bonchev–Trinajstić information content (AvgIpc) is 3.09. The van der Waals surface area contributed by atoms with Gasteiger partial charge in [-0.3, -0.25) is 4.68 Å². The van der Waals surface area contributed by atoms with Crippen LogP contribution in [-0.2, 0) is 6.54 Å². The van der Waals surface area contributed by atoms with Gasteiger partial charge in [-0.25, -0.2) is 0 Å². The molecule has 0 unspecified atom stereocenters. The maximum absolute atomic E-state index is 4.36. The summed E-state index contributed by atoms with van der Waals surface area (Å²) in [4.78, 5) is 0. The SMILES string of the molecule is CNc1nnc(Cn2cc(-c3ccccc3)cn2)s1. The molecule has 1 aromatic carbocycles. The van der Waals surface area contributed by atoms with Crippen molar-refractivity contribution in [1.29, 1.82) is 0 Å². The molecule has 0 spiro atoms. The van der Waals surface area contributed by atoms with E-state index in [4.69, 9.17) is 0 Å². The van der Waals surface area contributed by atoms with Crippen LogP contribution in [0.4, 0.5) is 5.13 Å². The van der Waals surface area contributed by atoms with Crippen LogP contribution in [-0.4, -0.2) is 27.0 Å². The summed E-state index contributed by atoms with van der Waals surface area (Å²) < 4.78 is 1.88. The average molecular weight is 271 g/mol. The molecule has 1 N–H and O–H groups in total. The van der Waals surface area contributed by atoms with E-state index < -0.39 is 0 Å². The van der Waals surface area contributed by atoms with Crippen molar-refractivity contribution in [3.63, 3.8) is 0 Å². The van der Waals surface area contributed by atoms with Gasteiger partial charge < -0.3 is 5.32 Å². The summed E-state index contributed by atoms with van der Waals surface area (Å²) in [5.41, 5.74) is 2.28. The molecule has 0 aliphatic rings. The molecule has 0 atom stereocenters. The number of hydrogen-bond acceptors (Lipinski definition) is 5. The number of benzene rings is 1. The monoisotopic (exact) mass is 271 g/mol. The summed E-state index contributed by atoms with van der Waals surface area (Å²) in [6.07, 6.45) is 3.89. The molecule has 0 saturated heterocycles. The Morgan fingerprint density at radius 1 is 1.16 bits per heavy atom. The zero-order chi connectivity index (χ0) is 13.1. The van der Waals surface area contributed by atoms with Crippen LogP contribution >= 0.6 is 11.3 Å². The maximum Gasteiger partial charge on any atom is 0.205 e. The first kappa shape index (κ1) is 11.9. The van der Waals surface area contributed by atoms with Gasteiger partial charge in [-0.05, 0) is 5.56 Å². The van der Waals surface area contributed by atoms with E-state index in [1.54, 1.807) is 0 Å². The van der Waals surface area contributed by atoms with Crippen LogP contribution in [0.2, 0.25) is 0 Å². The highest BCUT2D eigenvalue weighted by atomic mass is 32.1. The maximum atomic E-state index is 4.36. The summed E-state index contributed by atoms with van der Waals surface area (Å²) in [5.74, 6) is 0. The normalized spacial score (nSPS) is 10.6. The molecule has 2 heterocycles. The van der Waals surface area contributed by atoms with Gasteiger partial charge in [0.05, 0.1) is 12.7 Å². The lowest BCUT2D eigenvalue weighted by Gasteiger charge is -1.96. The number of nitrogens with zero attached hydrogens (tertiary/aromatic N) is 4. The van der Waals surface area contributed by atoms with E-state index in [1.807, 2.05) is 42.3 Å². The van der Waals surface area contributed by atoms with Crippen molar-refractivity contribution in [1.82, 2.24) is 20.0 Å². The number of nitrogens with one attached hydrogen (secondary N) is 1. The van der Waals surface area contributed by atoms with Gasteiger partial charge in [0.25, 0.3) is 0 Å². The van der Waals surface area contributed by atoms with Gasteiger partial charge in [0.15, 0.2) is 0 Å². The second-order valence-corrected chi connectivity index (χ2v) is 5.11. The van der Waals surface area contributed by atoms with Crippen LogP contribution in [0.15, 0.2) is 42.7 Å². The Bertz CT molecular complexity index is 658. The van der Waals surface area contributed by atoms with Gasteiger partial charge in [-0.1, -0.05) is 41.7 Å². The van der Waals surface area contributed by atoms with E-state index in [0.29, 0.717) is 6.54 Å². The molecule has 0 saturated carbocycles. The second kappa shape index (κ2) is 5.19. The summed E-state index contributed by atoms with van der Waals surface area (Å²) in [6, 6.07) is 10.2. The second-order valence-electron chi connectivity index (χ2n) is 4.04. The van der Waals surface area contributed by atoms with E-state index >= 15 is 0 Å². The Labute approximate surface area is 114 Å². The van der Waals surface area contributed by atoms with Crippen LogP contribution in [0.5, 0.6) is 0 Å². The molecular formula is C13H13N5S. The van der Waals surface area contributed by atoms with E-state index in [2.05, 4.69) is 32.7 Å². The Morgan fingerprint density at radius 3 is 2.74 bits per heavy atom. The van der Waals surface area contributed by atoms with Crippen molar-refractivity contribution < 1.29 is 0 Å². The lowest BCUT2D eigenvalue weighted by Crippen LogP contribution is -1.99. The van der Waals surface area contributed by atoms with Gasteiger partial charge in [0.1, 0.15) is 5.01 Å². The summed E-state index contributed by atoms with van der Waals surface area (Å²) in [7, 11) is 1.84. The van der Waals surface area contributed by atoms with Crippen molar-refractivity contribution >= 4 is 16.5 Å². The quantitative estimate of drug-likeness (QED) is 0.792. The van der Waals surface area contributed by atoms with Gasteiger partial charge in [0, 0.05) is 18.8 Å². The molecule has 6 heteroatoms. The van der Waals surface area contributed by atoms with Crippen LogP contribution < -0.4 is 5.32 Å². The fraction of sp³-hybridized carbons (Fsp3) is 0.154. The van der Waals surface area contributed by atoms with Crippen molar-refractivity contribution in [2.45, 2.75) is 6.54 Å². The molecule has 0 radical (unpaired) electrons. The molecule has 0 fully saturated rings. The van der Waals surface area contributed by atoms with E-state index in [1.165, 1.54) is 16.9 Å². The van der Waals surface area contributed by atoms with Crippen LogP contribution in [0.25, 0.3) is 11.1 Å². The Balaban J connectivity index is 1.78. The van der Waals surface area contributed by atoms with Crippen molar-refractivity contribution in [2.24, 2.45) is 0 Å². The van der Waals surface area contributed by atoms with E-state index in [-0.39, 0.29) is 0 Å². The highest BCUT2D eigenvalue weighted by Gasteiger charge is 2.05. The fourth-order valence-electron chi connectivity index (χ4n) is 1.79. The Kier molecular flexibility index (Phi) is 3.24. The first-order chi connectivity index (χ1) is 9.35. The summed E-state index contributed by atoms with van der Waals surface area (Å²) >= 11 is 1.54. The zero-order valence-corrected chi connectivity index (χ0v) is 11.3. The van der Waals surface area contributed by atoms with Gasteiger partial charge in [-0.15, -0.1) is 10.2 Å². The van der Waals surface area contributed by atoms with Gasteiger partial charge in [-0.2, -0.15) is 5.10 Å². The summed E-state index contributed by atoms with van der Waals surface area (Å²) in [6.45, 7) is 0.645. The molecular weight excluding hydrogens is 258 g/mol. The molecule has 0 bridgehead atoms. The molecule has 96 valence electrons. The van der Waals surface area contributed by atoms with Crippen LogP contribution in [0, 0.1) is 0 Å². The molecule has 0 aliphatic heterocycles. The highest BCUT2D eigenvalue weighted by Crippen LogP contribution is 2.19. The molecule has 5 nitrogen and oxygen atoms in total. The minimum atomic E-state index is 0.645. The number of rotatable bonds is 4. The molecule has 19 heavy (non-hydrogen) atoms.